The highest BCUT2D eigenvalue weighted by atomic mass is 16.2. The quantitative estimate of drug-likeness (QED) is 0.730. The maximum Gasteiger partial charge on any atom is 0.225 e. The maximum atomic E-state index is 12.1. The molecule has 2 rings (SSSR count). The summed E-state index contributed by atoms with van der Waals surface area (Å²) < 4.78 is 0. The number of nitrogens with zero attached hydrogens (tertiary/aromatic N) is 2. The second-order valence-corrected chi connectivity index (χ2v) is 7.58. The normalized spacial score (nSPS) is 21.4. The molecule has 6 nitrogen and oxygen atoms in total. The molecule has 0 aromatic carbocycles. The Morgan fingerprint density at radius 3 is 2.48 bits per heavy atom. The van der Waals surface area contributed by atoms with Crippen molar-refractivity contribution in [1.82, 2.24) is 10.2 Å². The summed E-state index contributed by atoms with van der Waals surface area (Å²) in [5.41, 5.74) is 3.76. The number of amides is 2. The molecule has 2 amide bonds. The minimum absolute atomic E-state index is 0.267. The largest absolute Gasteiger partial charge is 0.369 e. The van der Waals surface area contributed by atoms with Gasteiger partial charge in [-0.1, -0.05) is 13.8 Å². The molecule has 0 atom stereocenters. The van der Waals surface area contributed by atoms with Gasteiger partial charge in [-0.15, -0.1) is 0 Å². The summed E-state index contributed by atoms with van der Waals surface area (Å²) in [5, 5.41) is 12.4. The first-order valence-electron chi connectivity index (χ1n) is 8.35. The molecule has 1 saturated carbocycles. The molecule has 0 aromatic heterocycles. The third-order valence-corrected chi connectivity index (χ3v) is 4.96. The zero-order valence-corrected chi connectivity index (χ0v) is 14.1. The lowest BCUT2D eigenvalue weighted by molar-refractivity contribution is -0.126. The van der Waals surface area contributed by atoms with E-state index in [0.29, 0.717) is 12.8 Å². The number of carbonyl (C=O) groups excluding carboxylic acids is 2. The predicted octanol–water partition coefficient (Wildman–Crippen LogP) is 0.977. The van der Waals surface area contributed by atoms with Crippen LogP contribution >= 0.6 is 0 Å². The van der Waals surface area contributed by atoms with Crippen LogP contribution in [-0.2, 0) is 9.59 Å². The molecule has 0 bridgehead atoms. The molecule has 0 unspecified atom stereocenters. The van der Waals surface area contributed by atoms with Crippen LogP contribution < -0.4 is 11.1 Å². The summed E-state index contributed by atoms with van der Waals surface area (Å²) >= 11 is 0. The van der Waals surface area contributed by atoms with Gasteiger partial charge in [-0.2, -0.15) is 5.26 Å². The number of nitrogens with two attached hydrogens (primary N) is 1. The minimum Gasteiger partial charge on any atom is -0.369 e. The van der Waals surface area contributed by atoms with Crippen LogP contribution in [0.2, 0.25) is 0 Å². The van der Waals surface area contributed by atoms with Crippen LogP contribution in [0.15, 0.2) is 0 Å². The van der Waals surface area contributed by atoms with Gasteiger partial charge < -0.3 is 16.0 Å². The van der Waals surface area contributed by atoms with Crippen molar-refractivity contribution in [2.24, 2.45) is 17.1 Å². The fourth-order valence-corrected chi connectivity index (χ4v) is 2.78. The fraction of sp³-hybridized carbons (Fsp3) is 0.765. The number of likely N-dealkylation sites (tertiary alicyclic amines) is 1. The molecular formula is C17H27N4O2. The van der Waals surface area contributed by atoms with Gasteiger partial charge in [0.15, 0.2) is 0 Å². The zero-order chi connectivity index (χ0) is 17.1. The highest BCUT2D eigenvalue weighted by Crippen LogP contribution is 2.32. The summed E-state index contributed by atoms with van der Waals surface area (Å²) in [7, 11) is 0. The van der Waals surface area contributed by atoms with E-state index in [1.54, 1.807) is 13.8 Å². The summed E-state index contributed by atoms with van der Waals surface area (Å²) in [6.45, 7) is 6.22. The van der Waals surface area contributed by atoms with Gasteiger partial charge in [-0.05, 0) is 38.0 Å². The maximum absolute atomic E-state index is 12.1. The molecule has 1 radical (unpaired) electrons. The second kappa shape index (κ2) is 6.88. The fourth-order valence-electron chi connectivity index (χ4n) is 2.78. The molecule has 1 saturated heterocycles. The van der Waals surface area contributed by atoms with Crippen LogP contribution in [0, 0.1) is 29.1 Å². The predicted molar refractivity (Wildman–Crippen MR) is 86.8 cm³/mol. The van der Waals surface area contributed by atoms with Gasteiger partial charge in [0.2, 0.25) is 11.8 Å². The number of hydrogen-bond acceptors (Lipinski definition) is 4. The van der Waals surface area contributed by atoms with Crippen molar-refractivity contribution in [2.75, 3.05) is 19.6 Å². The van der Waals surface area contributed by atoms with Crippen LogP contribution in [0.3, 0.4) is 0 Å². The summed E-state index contributed by atoms with van der Waals surface area (Å²) in [6, 6.07) is 2.29. The van der Waals surface area contributed by atoms with E-state index in [1.807, 2.05) is 0 Å². The number of primary amides is 1. The molecule has 3 N–H and O–H groups in total. The highest BCUT2D eigenvalue weighted by molar-refractivity contribution is 5.87. The molecule has 0 spiro atoms. The van der Waals surface area contributed by atoms with E-state index in [9.17, 15) is 14.9 Å². The molecule has 2 aliphatic rings. The Morgan fingerprint density at radius 1 is 1.39 bits per heavy atom. The molecular weight excluding hydrogens is 292 g/mol. The van der Waals surface area contributed by atoms with Crippen molar-refractivity contribution in [3.05, 3.63) is 6.42 Å². The first-order chi connectivity index (χ1) is 10.8. The van der Waals surface area contributed by atoms with Crippen LogP contribution in [-0.4, -0.2) is 41.9 Å². The van der Waals surface area contributed by atoms with Gasteiger partial charge in [0, 0.05) is 25.0 Å². The lowest BCUT2D eigenvalue weighted by Crippen LogP contribution is -2.54. The van der Waals surface area contributed by atoms with Gasteiger partial charge in [0.05, 0.1) is 12.5 Å². The SMILES string of the molecule is CC(C)(C[CH]C(=O)NC1(C#N)CCN(CC2CC2)CC1)C(N)=O. The average Bonchev–Trinajstić information content (AvgIpc) is 3.31. The summed E-state index contributed by atoms with van der Waals surface area (Å²) in [6.07, 6.45) is 5.64. The first kappa shape index (κ1) is 17.7. The van der Waals surface area contributed by atoms with Gasteiger partial charge >= 0.3 is 0 Å². The van der Waals surface area contributed by atoms with E-state index in [0.717, 1.165) is 25.6 Å². The van der Waals surface area contributed by atoms with Crippen molar-refractivity contribution < 1.29 is 9.59 Å². The molecule has 6 heteroatoms. The molecule has 2 fully saturated rings. The van der Waals surface area contributed by atoms with E-state index in [2.05, 4.69) is 16.3 Å². The smallest absolute Gasteiger partial charge is 0.225 e. The molecule has 23 heavy (non-hydrogen) atoms. The molecule has 1 aliphatic carbocycles. The Hall–Kier alpha value is -1.61. The summed E-state index contributed by atoms with van der Waals surface area (Å²) in [4.78, 5) is 25.8. The number of nitrogens with one attached hydrogen (secondary N) is 1. The topological polar surface area (TPSA) is 99.2 Å². The van der Waals surface area contributed by atoms with E-state index in [-0.39, 0.29) is 12.3 Å². The van der Waals surface area contributed by atoms with Crippen molar-refractivity contribution in [2.45, 2.75) is 51.5 Å². The average molecular weight is 319 g/mol. The van der Waals surface area contributed by atoms with E-state index in [1.165, 1.54) is 19.3 Å². The number of hydrogen-bond donors (Lipinski definition) is 2. The standard InChI is InChI=1S/C17H27N4O2/c1-16(2,15(19)23)6-5-14(22)20-17(12-18)7-9-21(10-8-17)11-13-3-4-13/h5,13H,3-4,6-11H2,1-2H3,(H2,19,23)(H,20,22). The Morgan fingerprint density at radius 2 is 2.00 bits per heavy atom. The van der Waals surface area contributed by atoms with Crippen molar-refractivity contribution >= 4 is 11.8 Å². The lowest BCUT2D eigenvalue weighted by Gasteiger charge is -2.38. The third kappa shape index (κ3) is 4.93. The Balaban J connectivity index is 1.81. The van der Waals surface area contributed by atoms with Crippen LogP contribution in [0.25, 0.3) is 0 Å². The van der Waals surface area contributed by atoms with Crippen LogP contribution in [0.1, 0.15) is 46.0 Å². The van der Waals surface area contributed by atoms with E-state index >= 15 is 0 Å². The third-order valence-electron chi connectivity index (χ3n) is 4.96. The van der Waals surface area contributed by atoms with Gasteiger partial charge in [-0.25, -0.2) is 0 Å². The lowest BCUT2D eigenvalue weighted by atomic mass is 9.85. The Labute approximate surface area is 138 Å². The first-order valence-corrected chi connectivity index (χ1v) is 8.35. The van der Waals surface area contributed by atoms with Crippen LogP contribution in [0.4, 0.5) is 0 Å². The Bertz CT molecular complexity index is 497. The van der Waals surface area contributed by atoms with E-state index < -0.39 is 16.9 Å². The monoisotopic (exact) mass is 319 g/mol. The minimum atomic E-state index is -0.787. The molecule has 0 aromatic rings. The van der Waals surface area contributed by atoms with E-state index in [4.69, 9.17) is 5.73 Å². The molecule has 1 heterocycles. The number of piperidine rings is 1. The van der Waals surface area contributed by atoms with Crippen molar-refractivity contribution in [1.29, 1.82) is 5.26 Å². The summed E-state index contributed by atoms with van der Waals surface area (Å²) in [5.74, 6) is 0.102. The highest BCUT2D eigenvalue weighted by Gasteiger charge is 2.38. The molecule has 1 aliphatic heterocycles. The van der Waals surface area contributed by atoms with Crippen molar-refractivity contribution in [3.8, 4) is 6.07 Å². The van der Waals surface area contributed by atoms with Gasteiger partial charge in [-0.3, -0.25) is 9.59 Å². The molecule has 127 valence electrons. The number of rotatable bonds is 7. The second-order valence-electron chi connectivity index (χ2n) is 7.58. The number of nitriles is 1. The van der Waals surface area contributed by atoms with Crippen LogP contribution in [0.5, 0.6) is 0 Å². The van der Waals surface area contributed by atoms with Crippen molar-refractivity contribution in [3.63, 3.8) is 0 Å². The zero-order valence-electron chi connectivity index (χ0n) is 14.1. The number of carbonyl (C=O) groups is 2. The van der Waals surface area contributed by atoms with Gasteiger partial charge in [0.25, 0.3) is 0 Å². The Kier molecular flexibility index (Phi) is 5.30. The van der Waals surface area contributed by atoms with Gasteiger partial charge in [0.1, 0.15) is 5.54 Å².